The number of rotatable bonds is 5. The molecule has 7 nitrogen and oxygen atoms in total. The average Bonchev–Trinajstić information content (AvgIpc) is 3.36. The number of hydrogen-bond acceptors (Lipinski definition) is 4. The number of nitrogens with zero attached hydrogens (tertiary/aromatic N) is 4. The topological polar surface area (TPSA) is 72.3 Å². The van der Waals surface area contributed by atoms with Crippen molar-refractivity contribution in [2.45, 2.75) is 26.3 Å². The van der Waals surface area contributed by atoms with Crippen molar-refractivity contribution in [1.82, 2.24) is 24.8 Å². The van der Waals surface area contributed by atoms with Crippen molar-refractivity contribution in [1.29, 1.82) is 0 Å². The molecule has 2 amide bonds. The first-order valence-electron chi connectivity index (χ1n) is 10.1. The number of hydrogen-bond donors (Lipinski definition) is 1. The largest absolute Gasteiger partial charge is 0.497 e. The first-order valence-corrected chi connectivity index (χ1v) is 10.1. The van der Waals surface area contributed by atoms with Crippen molar-refractivity contribution < 1.29 is 9.53 Å². The predicted molar refractivity (Wildman–Crippen MR) is 113 cm³/mol. The van der Waals surface area contributed by atoms with Crippen LogP contribution in [0.2, 0.25) is 0 Å². The minimum absolute atomic E-state index is 0.00424. The predicted octanol–water partition coefficient (Wildman–Crippen LogP) is 3.72. The molecule has 0 bridgehead atoms. The fourth-order valence-corrected chi connectivity index (χ4v) is 3.76. The molecule has 1 atom stereocenters. The lowest BCUT2D eigenvalue weighted by atomic mass is 10.2. The summed E-state index contributed by atoms with van der Waals surface area (Å²) >= 11 is 0. The smallest absolute Gasteiger partial charge is 0.317 e. The first kappa shape index (κ1) is 19.2. The van der Waals surface area contributed by atoms with Crippen LogP contribution in [0.1, 0.15) is 26.3 Å². The first-order chi connectivity index (χ1) is 14.1. The van der Waals surface area contributed by atoms with E-state index in [1.807, 2.05) is 41.3 Å². The van der Waals surface area contributed by atoms with Gasteiger partial charge in [0.2, 0.25) is 0 Å². The van der Waals surface area contributed by atoms with E-state index in [0.717, 1.165) is 41.3 Å². The van der Waals surface area contributed by atoms with Crippen LogP contribution in [-0.4, -0.2) is 52.2 Å². The minimum Gasteiger partial charge on any atom is -0.497 e. The second kappa shape index (κ2) is 8.11. The summed E-state index contributed by atoms with van der Waals surface area (Å²) in [7, 11) is 1.66. The molecule has 0 aliphatic carbocycles. The van der Waals surface area contributed by atoms with Crippen molar-refractivity contribution in [3.63, 3.8) is 0 Å². The Labute approximate surface area is 170 Å². The molecule has 1 saturated heterocycles. The van der Waals surface area contributed by atoms with Crippen molar-refractivity contribution in [2.75, 3.05) is 26.7 Å². The highest BCUT2D eigenvalue weighted by Gasteiger charge is 2.30. The van der Waals surface area contributed by atoms with Crippen molar-refractivity contribution in [3.05, 3.63) is 42.6 Å². The number of ether oxygens (including phenoxy) is 1. The molecule has 0 spiro atoms. The zero-order valence-electron chi connectivity index (χ0n) is 17.1. The maximum absolute atomic E-state index is 12.5. The number of benzene rings is 1. The van der Waals surface area contributed by atoms with Crippen molar-refractivity contribution in [2.24, 2.45) is 5.92 Å². The van der Waals surface area contributed by atoms with Gasteiger partial charge in [-0.25, -0.2) is 14.8 Å². The van der Waals surface area contributed by atoms with Gasteiger partial charge in [-0.05, 0) is 48.7 Å². The molecule has 0 radical (unpaired) electrons. The molecule has 3 aromatic rings. The molecule has 1 aliphatic rings. The molecule has 1 N–H and O–H groups in total. The molecule has 1 aromatic carbocycles. The molecule has 4 rings (SSSR count). The third-order valence-electron chi connectivity index (χ3n) is 5.27. The van der Waals surface area contributed by atoms with Crippen LogP contribution >= 0.6 is 0 Å². The summed E-state index contributed by atoms with van der Waals surface area (Å²) in [4.78, 5) is 23.8. The number of carbonyl (C=O) groups is 1. The monoisotopic (exact) mass is 393 g/mol. The zero-order valence-corrected chi connectivity index (χ0v) is 17.1. The second-order valence-electron chi connectivity index (χ2n) is 7.85. The van der Waals surface area contributed by atoms with Crippen molar-refractivity contribution >= 4 is 17.2 Å². The Hall–Kier alpha value is -3.09. The van der Waals surface area contributed by atoms with Gasteiger partial charge in [-0.3, -0.25) is 0 Å². The number of imidazole rings is 1. The van der Waals surface area contributed by atoms with Crippen LogP contribution in [0.25, 0.3) is 22.6 Å². The van der Waals surface area contributed by atoms with Gasteiger partial charge in [0.25, 0.3) is 0 Å². The molecule has 152 valence electrons. The van der Waals surface area contributed by atoms with Crippen LogP contribution in [0.5, 0.6) is 5.75 Å². The average molecular weight is 393 g/mol. The van der Waals surface area contributed by atoms with Crippen LogP contribution in [0.15, 0.2) is 42.6 Å². The number of amides is 2. The van der Waals surface area contributed by atoms with E-state index in [2.05, 4.69) is 28.7 Å². The number of carbonyl (C=O) groups excluding carboxylic acids is 1. The number of pyridine rings is 1. The summed E-state index contributed by atoms with van der Waals surface area (Å²) in [6, 6.07) is 11.9. The maximum Gasteiger partial charge on any atom is 0.317 e. The van der Waals surface area contributed by atoms with E-state index >= 15 is 0 Å². The Morgan fingerprint density at radius 1 is 1.28 bits per heavy atom. The van der Waals surface area contributed by atoms with Gasteiger partial charge in [-0.1, -0.05) is 13.8 Å². The Balaban J connectivity index is 1.65. The number of urea groups is 1. The molecule has 3 heterocycles. The molecule has 1 aliphatic heterocycles. The van der Waals surface area contributed by atoms with E-state index in [1.54, 1.807) is 13.3 Å². The molecule has 2 aromatic heterocycles. The Morgan fingerprint density at radius 3 is 2.79 bits per heavy atom. The lowest BCUT2D eigenvalue weighted by Crippen LogP contribution is -2.40. The summed E-state index contributed by atoms with van der Waals surface area (Å²) < 4.78 is 7.47. The number of fused-ring (bicyclic) bond motifs is 1. The van der Waals surface area contributed by atoms with E-state index in [4.69, 9.17) is 9.72 Å². The fraction of sp³-hybridized carbons (Fsp3) is 0.409. The normalized spacial score (nSPS) is 16.6. The number of nitrogens with one attached hydrogen (secondary N) is 1. The van der Waals surface area contributed by atoms with E-state index in [-0.39, 0.29) is 12.1 Å². The van der Waals surface area contributed by atoms with Gasteiger partial charge in [0.1, 0.15) is 17.1 Å². The highest BCUT2D eigenvalue weighted by atomic mass is 16.5. The highest BCUT2D eigenvalue weighted by Crippen LogP contribution is 2.32. The van der Waals surface area contributed by atoms with Crippen molar-refractivity contribution in [3.8, 4) is 17.1 Å². The summed E-state index contributed by atoms with van der Waals surface area (Å²) in [5, 5.41) is 3.02. The molecule has 29 heavy (non-hydrogen) atoms. The van der Waals surface area contributed by atoms with Crippen LogP contribution in [0.3, 0.4) is 0 Å². The number of methoxy groups -OCH3 is 1. The van der Waals surface area contributed by atoms with Crippen LogP contribution in [0, 0.1) is 5.92 Å². The standard InChI is InChI=1S/C22H27N5O2/c1-15(2)13-24-22(28)26-12-10-17(14-26)27-20(16-6-8-18(29-3)9-7-16)25-19-5-4-11-23-21(19)27/h4-9,11,15,17H,10,12-14H2,1-3H3,(H,24,28)/t17-/m1/s1. The fourth-order valence-electron chi connectivity index (χ4n) is 3.76. The van der Waals surface area contributed by atoms with Crippen LogP contribution in [0.4, 0.5) is 4.79 Å². The van der Waals surface area contributed by atoms with Crippen LogP contribution in [-0.2, 0) is 0 Å². The summed E-state index contributed by atoms with van der Waals surface area (Å²) in [6.07, 6.45) is 2.67. The van der Waals surface area contributed by atoms with Gasteiger partial charge in [-0.15, -0.1) is 0 Å². The van der Waals surface area contributed by atoms with Gasteiger partial charge in [-0.2, -0.15) is 0 Å². The molecule has 0 unspecified atom stereocenters. The van der Waals surface area contributed by atoms with Gasteiger partial charge in [0.05, 0.1) is 13.2 Å². The van der Waals surface area contributed by atoms with Gasteiger partial charge >= 0.3 is 6.03 Å². The Kier molecular flexibility index (Phi) is 5.38. The van der Waals surface area contributed by atoms with Gasteiger partial charge in [0.15, 0.2) is 5.65 Å². The number of likely N-dealkylation sites (tertiary alicyclic amines) is 1. The Bertz CT molecular complexity index is 996. The van der Waals surface area contributed by atoms with E-state index in [9.17, 15) is 4.79 Å². The summed E-state index contributed by atoms with van der Waals surface area (Å²) in [6.45, 7) is 6.25. The van der Waals surface area contributed by atoms with E-state index < -0.39 is 0 Å². The van der Waals surface area contributed by atoms with E-state index in [1.165, 1.54) is 0 Å². The van der Waals surface area contributed by atoms with Gasteiger partial charge in [0, 0.05) is 31.4 Å². The highest BCUT2D eigenvalue weighted by molar-refractivity contribution is 5.78. The minimum atomic E-state index is 0.00424. The van der Waals surface area contributed by atoms with Gasteiger partial charge < -0.3 is 19.5 Å². The third-order valence-corrected chi connectivity index (χ3v) is 5.27. The Morgan fingerprint density at radius 2 is 2.07 bits per heavy atom. The summed E-state index contributed by atoms with van der Waals surface area (Å²) in [5.74, 6) is 2.11. The number of aromatic nitrogens is 3. The lowest BCUT2D eigenvalue weighted by molar-refractivity contribution is 0.206. The zero-order chi connectivity index (χ0) is 20.4. The molecule has 0 saturated carbocycles. The third kappa shape index (κ3) is 3.90. The lowest BCUT2D eigenvalue weighted by Gasteiger charge is -2.20. The SMILES string of the molecule is COc1ccc(-c2nc3cccnc3n2[C@@H]2CCN(C(=O)NCC(C)C)C2)cc1. The second-order valence-corrected chi connectivity index (χ2v) is 7.85. The molecular weight excluding hydrogens is 366 g/mol. The van der Waals surface area contributed by atoms with Crippen LogP contribution < -0.4 is 10.1 Å². The quantitative estimate of drug-likeness (QED) is 0.717. The van der Waals surface area contributed by atoms with E-state index in [0.29, 0.717) is 19.0 Å². The molecule has 1 fully saturated rings. The molecular formula is C22H27N5O2. The summed E-state index contributed by atoms with van der Waals surface area (Å²) in [5.41, 5.74) is 2.72. The maximum atomic E-state index is 12.5. The molecule has 7 heteroatoms.